The Hall–Kier alpha value is -1.53. The second kappa shape index (κ2) is 6.93. The highest BCUT2D eigenvalue weighted by atomic mass is 79.9. The quantitative estimate of drug-likeness (QED) is 0.769. The molecule has 0 spiro atoms. The number of nitrogens with zero attached hydrogens (tertiary/aromatic N) is 1. The van der Waals surface area contributed by atoms with Gasteiger partial charge in [0.25, 0.3) is 0 Å². The Labute approximate surface area is 146 Å². The molecule has 0 aliphatic carbocycles. The number of rotatable bonds is 4. The summed E-state index contributed by atoms with van der Waals surface area (Å²) in [4.78, 5) is 14.1. The van der Waals surface area contributed by atoms with Crippen LogP contribution < -0.4 is 4.74 Å². The van der Waals surface area contributed by atoms with Gasteiger partial charge in [-0.3, -0.25) is 4.79 Å². The van der Waals surface area contributed by atoms with Crippen molar-refractivity contribution < 1.29 is 13.9 Å². The smallest absolute Gasteiger partial charge is 0.234 e. The van der Waals surface area contributed by atoms with Crippen LogP contribution in [0, 0.1) is 5.82 Å². The molecule has 1 aliphatic rings. The standard InChI is InChI=1S/C17H15BrFNO2S/c1-22-13-5-2-11(3-6-13)9-20-16(21)10-23-17(20)12-4-7-15(19)14(18)8-12/h2-8,17H,9-10H2,1H3. The Kier molecular flexibility index (Phi) is 4.92. The summed E-state index contributed by atoms with van der Waals surface area (Å²) in [7, 11) is 1.62. The van der Waals surface area contributed by atoms with Crippen molar-refractivity contribution in [3.8, 4) is 5.75 Å². The van der Waals surface area contributed by atoms with Gasteiger partial charge in [0.05, 0.1) is 17.3 Å². The van der Waals surface area contributed by atoms with E-state index in [1.54, 1.807) is 31.0 Å². The Morgan fingerprint density at radius 2 is 2.04 bits per heavy atom. The zero-order valence-electron chi connectivity index (χ0n) is 12.5. The van der Waals surface area contributed by atoms with Crippen LogP contribution in [-0.4, -0.2) is 23.7 Å². The van der Waals surface area contributed by atoms with E-state index >= 15 is 0 Å². The van der Waals surface area contributed by atoms with Gasteiger partial charge in [0.1, 0.15) is 16.9 Å². The molecule has 1 unspecified atom stereocenters. The van der Waals surface area contributed by atoms with Gasteiger partial charge in [0.2, 0.25) is 5.91 Å². The Bertz CT molecular complexity index is 723. The number of carbonyl (C=O) groups excluding carboxylic acids is 1. The predicted molar refractivity (Wildman–Crippen MR) is 92.8 cm³/mol. The number of carbonyl (C=O) groups is 1. The first-order valence-corrected chi connectivity index (χ1v) is 8.91. The third kappa shape index (κ3) is 3.53. The molecule has 0 saturated carbocycles. The van der Waals surface area contributed by atoms with Crippen LogP contribution in [0.2, 0.25) is 0 Å². The molecule has 3 nitrogen and oxygen atoms in total. The minimum atomic E-state index is -0.301. The first-order chi connectivity index (χ1) is 11.1. The van der Waals surface area contributed by atoms with Crippen LogP contribution in [0.15, 0.2) is 46.9 Å². The van der Waals surface area contributed by atoms with Crippen LogP contribution >= 0.6 is 27.7 Å². The van der Waals surface area contributed by atoms with Crippen LogP contribution in [0.3, 0.4) is 0 Å². The number of hydrogen-bond donors (Lipinski definition) is 0. The van der Waals surface area contributed by atoms with Crippen molar-refractivity contribution in [1.29, 1.82) is 0 Å². The fourth-order valence-electron chi connectivity index (χ4n) is 2.49. The molecule has 0 bridgehead atoms. The molecule has 6 heteroatoms. The van der Waals surface area contributed by atoms with Crippen molar-refractivity contribution in [3.63, 3.8) is 0 Å². The molecule has 1 fully saturated rings. The number of thioether (sulfide) groups is 1. The van der Waals surface area contributed by atoms with E-state index in [2.05, 4.69) is 15.9 Å². The Balaban J connectivity index is 1.82. The monoisotopic (exact) mass is 395 g/mol. The van der Waals surface area contributed by atoms with E-state index in [0.717, 1.165) is 16.9 Å². The van der Waals surface area contributed by atoms with Crippen LogP contribution in [-0.2, 0) is 11.3 Å². The van der Waals surface area contributed by atoms with Crippen molar-refractivity contribution in [3.05, 3.63) is 63.9 Å². The molecule has 120 valence electrons. The minimum Gasteiger partial charge on any atom is -0.497 e. The lowest BCUT2D eigenvalue weighted by Gasteiger charge is -2.24. The van der Waals surface area contributed by atoms with E-state index in [9.17, 15) is 9.18 Å². The lowest BCUT2D eigenvalue weighted by Crippen LogP contribution is -2.27. The molecule has 1 aliphatic heterocycles. The van der Waals surface area contributed by atoms with Crippen LogP contribution in [0.4, 0.5) is 4.39 Å². The third-order valence-electron chi connectivity index (χ3n) is 3.71. The maximum atomic E-state index is 13.4. The van der Waals surface area contributed by atoms with E-state index in [0.29, 0.717) is 16.8 Å². The van der Waals surface area contributed by atoms with E-state index < -0.39 is 0 Å². The third-order valence-corrected chi connectivity index (χ3v) is 5.57. The molecule has 1 amide bonds. The highest BCUT2D eigenvalue weighted by Gasteiger charge is 2.33. The molecule has 3 rings (SSSR count). The van der Waals surface area contributed by atoms with Gasteiger partial charge in [-0.2, -0.15) is 0 Å². The highest BCUT2D eigenvalue weighted by molar-refractivity contribution is 9.10. The molecular formula is C17H15BrFNO2S. The first kappa shape index (κ1) is 16.3. The van der Waals surface area contributed by atoms with Gasteiger partial charge >= 0.3 is 0 Å². The van der Waals surface area contributed by atoms with E-state index in [4.69, 9.17) is 4.74 Å². The molecule has 0 N–H and O–H groups in total. The lowest BCUT2D eigenvalue weighted by molar-refractivity contribution is -0.128. The van der Waals surface area contributed by atoms with E-state index in [1.165, 1.54) is 6.07 Å². The first-order valence-electron chi connectivity index (χ1n) is 7.07. The molecular weight excluding hydrogens is 381 g/mol. The second-order valence-corrected chi connectivity index (χ2v) is 7.13. The predicted octanol–water partition coefficient (Wildman–Crippen LogP) is 4.37. The average Bonchev–Trinajstić information content (AvgIpc) is 2.92. The number of hydrogen-bond acceptors (Lipinski definition) is 3. The van der Waals surface area contributed by atoms with Gasteiger partial charge < -0.3 is 9.64 Å². The van der Waals surface area contributed by atoms with Crippen molar-refractivity contribution in [2.45, 2.75) is 11.9 Å². The van der Waals surface area contributed by atoms with Gasteiger partial charge in [-0.15, -0.1) is 11.8 Å². The Morgan fingerprint density at radius 1 is 1.30 bits per heavy atom. The summed E-state index contributed by atoms with van der Waals surface area (Å²) in [6.07, 6.45) is 0. The number of methoxy groups -OCH3 is 1. The number of amides is 1. The summed E-state index contributed by atoms with van der Waals surface area (Å²) in [5.41, 5.74) is 1.95. The average molecular weight is 396 g/mol. The number of benzene rings is 2. The molecule has 2 aromatic rings. The minimum absolute atomic E-state index is 0.0938. The van der Waals surface area contributed by atoms with Gasteiger partial charge in [0.15, 0.2) is 0 Å². The summed E-state index contributed by atoms with van der Waals surface area (Å²) >= 11 is 4.77. The normalized spacial score (nSPS) is 17.6. The Morgan fingerprint density at radius 3 is 2.70 bits per heavy atom. The molecule has 0 aromatic heterocycles. The van der Waals surface area contributed by atoms with Gasteiger partial charge in [-0.05, 0) is 51.3 Å². The summed E-state index contributed by atoms with van der Waals surface area (Å²) in [5, 5.41) is -0.0958. The fourth-order valence-corrected chi connectivity index (χ4v) is 4.07. The zero-order valence-corrected chi connectivity index (χ0v) is 14.9. The SMILES string of the molecule is COc1ccc(CN2C(=O)CSC2c2ccc(F)c(Br)c2)cc1. The molecule has 1 atom stereocenters. The molecule has 2 aromatic carbocycles. The summed E-state index contributed by atoms with van der Waals surface area (Å²) < 4.78 is 19.0. The van der Waals surface area contributed by atoms with Crippen LogP contribution in [0.5, 0.6) is 5.75 Å². The number of ether oxygens (including phenoxy) is 1. The fraction of sp³-hybridized carbons (Fsp3) is 0.235. The van der Waals surface area contributed by atoms with Gasteiger partial charge in [-0.25, -0.2) is 4.39 Å². The molecule has 1 heterocycles. The topological polar surface area (TPSA) is 29.5 Å². The molecule has 0 radical (unpaired) electrons. The van der Waals surface area contributed by atoms with E-state index in [1.807, 2.05) is 29.2 Å². The largest absolute Gasteiger partial charge is 0.497 e. The summed E-state index contributed by atoms with van der Waals surface area (Å²) in [5.74, 6) is 1.02. The second-order valence-electron chi connectivity index (χ2n) is 5.21. The molecule has 23 heavy (non-hydrogen) atoms. The maximum Gasteiger partial charge on any atom is 0.234 e. The zero-order chi connectivity index (χ0) is 16.4. The van der Waals surface area contributed by atoms with Crippen LogP contribution in [0.25, 0.3) is 0 Å². The van der Waals surface area contributed by atoms with Gasteiger partial charge in [0, 0.05) is 6.54 Å². The van der Waals surface area contributed by atoms with Crippen molar-refractivity contribution in [1.82, 2.24) is 4.90 Å². The van der Waals surface area contributed by atoms with E-state index in [-0.39, 0.29) is 17.1 Å². The van der Waals surface area contributed by atoms with Gasteiger partial charge in [-0.1, -0.05) is 18.2 Å². The summed E-state index contributed by atoms with van der Waals surface area (Å²) in [6, 6.07) is 12.6. The molecule has 1 saturated heterocycles. The van der Waals surface area contributed by atoms with Crippen molar-refractivity contribution in [2.24, 2.45) is 0 Å². The lowest BCUT2D eigenvalue weighted by atomic mass is 10.1. The highest BCUT2D eigenvalue weighted by Crippen LogP contribution is 2.40. The number of halogens is 2. The summed E-state index contributed by atoms with van der Waals surface area (Å²) in [6.45, 7) is 0.523. The van der Waals surface area contributed by atoms with Crippen molar-refractivity contribution >= 4 is 33.6 Å². The van der Waals surface area contributed by atoms with Crippen molar-refractivity contribution in [2.75, 3.05) is 12.9 Å². The van der Waals surface area contributed by atoms with Crippen LogP contribution in [0.1, 0.15) is 16.5 Å². The maximum absolute atomic E-state index is 13.4.